The Labute approximate surface area is 185 Å². The lowest BCUT2D eigenvalue weighted by Crippen LogP contribution is -2.51. The molecule has 3 unspecified atom stereocenters. The summed E-state index contributed by atoms with van der Waals surface area (Å²) in [5.74, 6) is 4.37. The van der Waals surface area contributed by atoms with Crippen molar-refractivity contribution in [2.24, 2.45) is 35.5 Å². The van der Waals surface area contributed by atoms with E-state index in [9.17, 15) is 9.59 Å². The summed E-state index contributed by atoms with van der Waals surface area (Å²) in [7, 11) is 1.93. The van der Waals surface area contributed by atoms with Crippen LogP contribution < -0.4 is 10.6 Å². The summed E-state index contributed by atoms with van der Waals surface area (Å²) in [5.41, 5.74) is 0. The second-order valence-corrected chi connectivity index (χ2v) is 10.6. The van der Waals surface area contributed by atoms with Crippen molar-refractivity contribution in [2.75, 3.05) is 13.6 Å². The molecule has 0 spiro atoms. The highest BCUT2D eigenvalue weighted by atomic mass is 16.2. The van der Waals surface area contributed by atoms with Gasteiger partial charge in [0.15, 0.2) is 0 Å². The number of urea groups is 1. The first-order chi connectivity index (χ1) is 14.2. The minimum Gasteiger partial charge on any atom is -0.354 e. The van der Waals surface area contributed by atoms with Crippen molar-refractivity contribution in [2.45, 2.75) is 98.6 Å². The monoisotopic (exact) mass is 421 g/mol. The van der Waals surface area contributed by atoms with Crippen molar-refractivity contribution in [3.63, 3.8) is 0 Å². The second-order valence-electron chi connectivity index (χ2n) is 10.6. The van der Waals surface area contributed by atoms with Gasteiger partial charge in [-0.05, 0) is 67.6 Å². The van der Waals surface area contributed by atoms with E-state index in [1.807, 2.05) is 11.9 Å². The molecule has 5 heteroatoms. The standard InChI is InChI=1S/C25H47N3O2/c1-8-23(16(3)4)19-12-22(13-19)27-25(30)28(7)11-10-17(5)24(9-2)20-14-21(15-20)26-18(6)29/h16-17,19-24H,8-15H2,1-7H3,(H,26,29)(H,27,30)/t17?,19-,20-,21-,22-,23?,24?. The Morgan fingerprint density at radius 3 is 1.87 bits per heavy atom. The summed E-state index contributed by atoms with van der Waals surface area (Å²) >= 11 is 0. The van der Waals surface area contributed by atoms with Gasteiger partial charge in [-0.2, -0.15) is 0 Å². The minimum absolute atomic E-state index is 0.0828. The smallest absolute Gasteiger partial charge is 0.317 e. The van der Waals surface area contributed by atoms with Crippen LogP contribution in [0.25, 0.3) is 0 Å². The van der Waals surface area contributed by atoms with Crippen LogP contribution in [0.2, 0.25) is 0 Å². The molecule has 0 aromatic rings. The number of hydrogen-bond donors (Lipinski definition) is 2. The Morgan fingerprint density at radius 1 is 0.900 bits per heavy atom. The van der Waals surface area contributed by atoms with Crippen molar-refractivity contribution < 1.29 is 9.59 Å². The predicted octanol–water partition coefficient (Wildman–Crippen LogP) is 5.06. The molecule has 0 bridgehead atoms. The zero-order valence-electron chi connectivity index (χ0n) is 20.5. The Balaban J connectivity index is 1.67. The van der Waals surface area contributed by atoms with Gasteiger partial charge in [-0.3, -0.25) is 4.79 Å². The van der Waals surface area contributed by atoms with Crippen LogP contribution >= 0.6 is 0 Å². The summed E-state index contributed by atoms with van der Waals surface area (Å²) in [6.45, 7) is 14.0. The van der Waals surface area contributed by atoms with E-state index in [0.717, 1.165) is 56.4 Å². The van der Waals surface area contributed by atoms with E-state index >= 15 is 0 Å². The highest BCUT2D eigenvalue weighted by Crippen LogP contribution is 2.41. The number of nitrogens with one attached hydrogen (secondary N) is 2. The molecule has 3 amide bonds. The maximum Gasteiger partial charge on any atom is 0.317 e. The van der Waals surface area contributed by atoms with Gasteiger partial charge in [-0.25, -0.2) is 4.79 Å². The van der Waals surface area contributed by atoms with Crippen LogP contribution in [-0.4, -0.2) is 42.5 Å². The van der Waals surface area contributed by atoms with Crippen LogP contribution in [0.3, 0.4) is 0 Å². The summed E-state index contributed by atoms with van der Waals surface area (Å²) in [6, 6.07) is 0.821. The van der Waals surface area contributed by atoms with E-state index in [4.69, 9.17) is 0 Å². The van der Waals surface area contributed by atoms with Gasteiger partial charge in [-0.15, -0.1) is 0 Å². The average molecular weight is 422 g/mol. The molecule has 2 saturated carbocycles. The Bertz CT molecular complexity index is 553. The van der Waals surface area contributed by atoms with Gasteiger partial charge in [0.2, 0.25) is 5.91 Å². The minimum atomic E-state index is 0.0828. The van der Waals surface area contributed by atoms with Gasteiger partial charge in [0.25, 0.3) is 0 Å². The van der Waals surface area contributed by atoms with Crippen molar-refractivity contribution >= 4 is 11.9 Å². The van der Waals surface area contributed by atoms with Crippen LogP contribution in [-0.2, 0) is 4.79 Å². The highest BCUT2D eigenvalue weighted by molar-refractivity contribution is 5.74. The zero-order valence-corrected chi connectivity index (χ0v) is 20.5. The first kappa shape index (κ1) is 25.0. The molecule has 0 heterocycles. The van der Waals surface area contributed by atoms with Crippen LogP contribution in [0.1, 0.15) is 86.5 Å². The van der Waals surface area contributed by atoms with Gasteiger partial charge in [0.1, 0.15) is 0 Å². The molecule has 2 fully saturated rings. The number of carbonyl (C=O) groups is 2. The van der Waals surface area contributed by atoms with Crippen LogP contribution in [0.15, 0.2) is 0 Å². The lowest BCUT2D eigenvalue weighted by atomic mass is 9.67. The summed E-state index contributed by atoms with van der Waals surface area (Å²) < 4.78 is 0. The topological polar surface area (TPSA) is 61.4 Å². The molecule has 2 aliphatic carbocycles. The molecule has 0 aromatic carbocycles. The van der Waals surface area contributed by atoms with Gasteiger partial charge in [-0.1, -0.05) is 47.5 Å². The van der Waals surface area contributed by atoms with E-state index in [1.165, 1.54) is 12.8 Å². The molecular formula is C25H47N3O2. The van der Waals surface area contributed by atoms with Gasteiger partial charge < -0.3 is 15.5 Å². The highest BCUT2D eigenvalue weighted by Gasteiger charge is 2.38. The number of nitrogens with zero attached hydrogens (tertiary/aromatic N) is 1. The Kier molecular flexibility index (Phi) is 9.49. The molecule has 3 atom stereocenters. The molecule has 30 heavy (non-hydrogen) atoms. The Morgan fingerprint density at radius 2 is 1.40 bits per heavy atom. The van der Waals surface area contributed by atoms with E-state index in [-0.39, 0.29) is 11.9 Å². The molecule has 2 aliphatic rings. The fourth-order valence-electron chi connectivity index (χ4n) is 6.09. The van der Waals surface area contributed by atoms with Gasteiger partial charge >= 0.3 is 6.03 Å². The average Bonchev–Trinajstić information content (AvgIpc) is 2.62. The van der Waals surface area contributed by atoms with E-state index in [0.29, 0.717) is 29.8 Å². The molecule has 0 saturated heterocycles. The lowest BCUT2D eigenvalue weighted by molar-refractivity contribution is -0.120. The third-order valence-corrected chi connectivity index (χ3v) is 8.09. The first-order valence-corrected chi connectivity index (χ1v) is 12.4. The molecule has 174 valence electrons. The number of amides is 3. The summed E-state index contributed by atoms with van der Waals surface area (Å²) in [4.78, 5) is 25.7. The van der Waals surface area contributed by atoms with E-state index in [2.05, 4.69) is 45.3 Å². The largest absolute Gasteiger partial charge is 0.354 e. The molecule has 2 N–H and O–H groups in total. The molecular weight excluding hydrogens is 374 g/mol. The van der Waals surface area contributed by atoms with Crippen molar-refractivity contribution in [1.82, 2.24) is 15.5 Å². The second kappa shape index (κ2) is 11.4. The third-order valence-electron chi connectivity index (χ3n) is 8.09. The maximum absolute atomic E-state index is 12.6. The number of carbonyl (C=O) groups excluding carboxylic acids is 2. The fourth-order valence-corrected chi connectivity index (χ4v) is 6.09. The molecule has 2 rings (SSSR count). The van der Waals surface area contributed by atoms with Gasteiger partial charge in [0.05, 0.1) is 0 Å². The first-order valence-electron chi connectivity index (χ1n) is 12.4. The molecule has 0 aliphatic heterocycles. The number of rotatable bonds is 11. The van der Waals surface area contributed by atoms with Gasteiger partial charge in [0, 0.05) is 32.6 Å². The maximum atomic E-state index is 12.6. The number of hydrogen-bond acceptors (Lipinski definition) is 2. The lowest BCUT2D eigenvalue weighted by Gasteiger charge is -2.43. The van der Waals surface area contributed by atoms with Crippen molar-refractivity contribution in [1.29, 1.82) is 0 Å². The van der Waals surface area contributed by atoms with E-state index in [1.54, 1.807) is 6.92 Å². The van der Waals surface area contributed by atoms with Crippen LogP contribution in [0, 0.1) is 35.5 Å². The molecule has 0 radical (unpaired) electrons. The third kappa shape index (κ3) is 6.62. The predicted molar refractivity (Wildman–Crippen MR) is 124 cm³/mol. The van der Waals surface area contributed by atoms with Crippen molar-refractivity contribution in [3.05, 3.63) is 0 Å². The SMILES string of the molecule is CCC(C(C)C)[C@H]1C[C@H](NC(=O)N(C)CCC(C)C(CC)[C@H]2C[C@H](NC(C)=O)C2)C1. The molecule has 0 aromatic heterocycles. The molecule has 5 nitrogen and oxygen atoms in total. The van der Waals surface area contributed by atoms with Crippen molar-refractivity contribution in [3.8, 4) is 0 Å². The zero-order chi connectivity index (χ0) is 22.4. The summed E-state index contributed by atoms with van der Waals surface area (Å²) in [5, 5.41) is 6.29. The Hall–Kier alpha value is -1.26. The van der Waals surface area contributed by atoms with Crippen LogP contribution in [0.4, 0.5) is 4.79 Å². The quantitative estimate of drug-likeness (QED) is 0.490. The fraction of sp³-hybridized carbons (Fsp3) is 0.920. The summed E-state index contributed by atoms with van der Waals surface area (Å²) in [6.07, 6.45) is 7.96. The van der Waals surface area contributed by atoms with E-state index < -0.39 is 0 Å². The normalized spacial score (nSPS) is 28.7. The van der Waals surface area contributed by atoms with Crippen LogP contribution in [0.5, 0.6) is 0 Å².